The molecule has 1 aromatic heterocycles. The van der Waals surface area contributed by atoms with Crippen LogP contribution in [0.15, 0.2) is 60.7 Å². The number of ketones is 2. The molecule has 31 heavy (non-hydrogen) atoms. The summed E-state index contributed by atoms with van der Waals surface area (Å²) in [5, 5.41) is 0. The topological polar surface area (TPSA) is 70.2 Å². The van der Waals surface area contributed by atoms with Gasteiger partial charge in [0.25, 0.3) is 11.7 Å². The lowest BCUT2D eigenvalue weighted by Crippen LogP contribution is -2.43. The van der Waals surface area contributed by atoms with Crippen molar-refractivity contribution in [2.75, 3.05) is 13.1 Å². The van der Waals surface area contributed by atoms with Gasteiger partial charge in [-0.25, -0.2) is 0 Å². The highest BCUT2D eigenvalue weighted by atomic mass is 16.2. The van der Waals surface area contributed by atoms with Crippen molar-refractivity contribution in [3.8, 4) is 11.3 Å². The predicted molar refractivity (Wildman–Crippen MR) is 120 cm³/mol. The average molecular weight is 415 g/mol. The minimum absolute atomic E-state index is 0.111. The summed E-state index contributed by atoms with van der Waals surface area (Å²) in [4.78, 5) is 43.4. The van der Waals surface area contributed by atoms with Crippen LogP contribution >= 0.6 is 0 Å². The van der Waals surface area contributed by atoms with Crippen molar-refractivity contribution < 1.29 is 14.4 Å². The minimum atomic E-state index is -0.501. The number of rotatable bonds is 5. The monoisotopic (exact) mass is 414 g/mol. The minimum Gasteiger partial charge on any atom is -0.358 e. The van der Waals surface area contributed by atoms with Gasteiger partial charge in [0.1, 0.15) is 0 Å². The van der Waals surface area contributed by atoms with Crippen LogP contribution in [-0.4, -0.2) is 40.4 Å². The highest BCUT2D eigenvalue weighted by molar-refractivity contribution is 6.43. The summed E-state index contributed by atoms with van der Waals surface area (Å²) in [7, 11) is 0. The number of carbonyl (C=O) groups excluding carboxylic acids is 3. The van der Waals surface area contributed by atoms with Crippen molar-refractivity contribution in [1.82, 2.24) is 9.88 Å². The van der Waals surface area contributed by atoms with Gasteiger partial charge in [-0.15, -0.1) is 0 Å². The Morgan fingerprint density at radius 3 is 2.29 bits per heavy atom. The van der Waals surface area contributed by atoms with Gasteiger partial charge in [0.05, 0.1) is 0 Å². The Morgan fingerprint density at radius 2 is 1.61 bits per heavy atom. The number of carbonyl (C=O) groups is 3. The summed E-state index contributed by atoms with van der Waals surface area (Å²) in [6.07, 6.45) is 1.15. The number of aromatic amines is 1. The molecule has 4 rings (SSSR count). The number of Topliss-reactive ketones (excluding diaryl/α,β-unsaturated/α-hetero) is 2. The van der Waals surface area contributed by atoms with E-state index in [1.54, 1.807) is 17.9 Å². The number of likely N-dealkylation sites (tertiary alicyclic amines) is 1. The standard InChI is InChI=1S/C26H26N2O3/c1-17-7-6-10-21(15-17)24(29)20-11-13-28(14-12-20)26(31)25(30)22-16-23(27-18(22)2)19-8-4-3-5-9-19/h3-10,15-16,20,27H,11-14H2,1-2H3. The number of hydrogen-bond donors (Lipinski definition) is 1. The van der Waals surface area contributed by atoms with Gasteiger partial charge >= 0.3 is 0 Å². The molecule has 0 saturated carbocycles. The van der Waals surface area contributed by atoms with E-state index in [9.17, 15) is 14.4 Å². The first kappa shape index (κ1) is 20.8. The van der Waals surface area contributed by atoms with E-state index in [2.05, 4.69) is 4.98 Å². The van der Waals surface area contributed by atoms with E-state index in [1.165, 1.54) is 0 Å². The first-order valence-corrected chi connectivity index (χ1v) is 10.6. The molecule has 158 valence electrons. The van der Waals surface area contributed by atoms with Crippen molar-refractivity contribution in [2.24, 2.45) is 5.92 Å². The lowest BCUT2D eigenvalue weighted by atomic mass is 9.88. The van der Waals surface area contributed by atoms with Gasteiger partial charge in [-0.05, 0) is 44.4 Å². The predicted octanol–water partition coefficient (Wildman–Crippen LogP) is 4.60. The van der Waals surface area contributed by atoms with E-state index in [-0.39, 0.29) is 11.7 Å². The van der Waals surface area contributed by atoms with Gasteiger partial charge in [0.15, 0.2) is 5.78 Å². The summed E-state index contributed by atoms with van der Waals surface area (Å²) in [5.41, 5.74) is 4.64. The van der Waals surface area contributed by atoms with Crippen LogP contribution in [0.2, 0.25) is 0 Å². The van der Waals surface area contributed by atoms with E-state index < -0.39 is 11.7 Å². The van der Waals surface area contributed by atoms with Gasteiger partial charge in [0.2, 0.25) is 0 Å². The Labute approximate surface area is 182 Å². The van der Waals surface area contributed by atoms with Crippen molar-refractivity contribution in [3.05, 3.63) is 83.0 Å². The summed E-state index contributed by atoms with van der Waals surface area (Å²) in [6.45, 7) is 4.61. The Balaban J connectivity index is 1.41. The number of hydrogen-bond acceptors (Lipinski definition) is 3. The Morgan fingerprint density at radius 1 is 0.903 bits per heavy atom. The quantitative estimate of drug-likeness (QED) is 0.490. The van der Waals surface area contributed by atoms with Crippen LogP contribution in [-0.2, 0) is 4.79 Å². The van der Waals surface area contributed by atoms with E-state index in [0.717, 1.165) is 22.4 Å². The molecule has 1 fully saturated rings. The molecule has 1 amide bonds. The van der Waals surface area contributed by atoms with Crippen LogP contribution < -0.4 is 0 Å². The van der Waals surface area contributed by atoms with Crippen LogP contribution in [0.5, 0.6) is 0 Å². The summed E-state index contributed by atoms with van der Waals surface area (Å²) in [5.74, 6) is -0.988. The van der Waals surface area contributed by atoms with Crippen LogP contribution in [0.3, 0.4) is 0 Å². The van der Waals surface area contributed by atoms with Crippen LogP contribution in [0, 0.1) is 19.8 Å². The number of benzene rings is 2. The van der Waals surface area contributed by atoms with Gasteiger partial charge in [-0.1, -0.05) is 54.1 Å². The smallest absolute Gasteiger partial charge is 0.295 e. The van der Waals surface area contributed by atoms with Crippen molar-refractivity contribution in [1.29, 1.82) is 0 Å². The zero-order valence-corrected chi connectivity index (χ0v) is 17.9. The number of aromatic nitrogens is 1. The third-order valence-corrected chi connectivity index (χ3v) is 5.99. The molecule has 2 heterocycles. The maximum atomic E-state index is 12.9. The lowest BCUT2D eigenvalue weighted by molar-refractivity contribution is -0.127. The molecular weight excluding hydrogens is 388 g/mol. The van der Waals surface area contributed by atoms with Gasteiger partial charge in [-0.2, -0.15) is 0 Å². The van der Waals surface area contributed by atoms with Crippen LogP contribution in [0.4, 0.5) is 0 Å². The number of H-pyrrole nitrogens is 1. The van der Waals surface area contributed by atoms with Gasteiger partial charge in [0, 0.05) is 41.5 Å². The molecule has 1 N–H and O–H groups in total. The second-order valence-corrected chi connectivity index (χ2v) is 8.22. The molecular formula is C26H26N2O3. The largest absolute Gasteiger partial charge is 0.358 e. The first-order valence-electron chi connectivity index (χ1n) is 10.6. The zero-order chi connectivity index (χ0) is 22.0. The molecule has 1 aliphatic rings. The summed E-state index contributed by atoms with van der Waals surface area (Å²) in [6, 6.07) is 19.1. The normalized spacial score (nSPS) is 14.5. The molecule has 0 atom stereocenters. The molecule has 5 heteroatoms. The molecule has 0 radical (unpaired) electrons. The third-order valence-electron chi connectivity index (χ3n) is 5.99. The van der Waals surface area contributed by atoms with E-state index in [4.69, 9.17) is 0 Å². The van der Waals surface area contributed by atoms with E-state index >= 15 is 0 Å². The maximum absolute atomic E-state index is 12.9. The van der Waals surface area contributed by atoms with Crippen molar-refractivity contribution in [3.63, 3.8) is 0 Å². The Kier molecular flexibility index (Phi) is 5.85. The number of aryl methyl sites for hydroxylation is 2. The highest BCUT2D eigenvalue weighted by Crippen LogP contribution is 2.25. The zero-order valence-electron chi connectivity index (χ0n) is 17.9. The molecule has 1 aliphatic heterocycles. The molecule has 0 aliphatic carbocycles. The Hall–Kier alpha value is -3.47. The summed E-state index contributed by atoms with van der Waals surface area (Å²) >= 11 is 0. The van der Waals surface area contributed by atoms with Crippen LogP contribution in [0.1, 0.15) is 44.8 Å². The SMILES string of the molecule is Cc1cccc(C(=O)C2CCN(C(=O)C(=O)c3cc(-c4ccccc4)[nH]c3C)CC2)c1. The van der Waals surface area contributed by atoms with Crippen molar-refractivity contribution >= 4 is 17.5 Å². The molecule has 5 nitrogen and oxygen atoms in total. The second kappa shape index (κ2) is 8.72. The fourth-order valence-electron chi connectivity index (χ4n) is 4.20. The fraction of sp³-hybridized carbons (Fsp3) is 0.269. The molecule has 0 unspecified atom stereocenters. The van der Waals surface area contributed by atoms with Gasteiger partial charge < -0.3 is 9.88 Å². The third kappa shape index (κ3) is 4.36. The average Bonchev–Trinajstić information content (AvgIpc) is 3.20. The molecule has 0 spiro atoms. The fourth-order valence-corrected chi connectivity index (χ4v) is 4.20. The van der Waals surface area contributed by atoms with Crippen molar-refractivity contribution in [2.45, 2.75) is 26.7 Å². The molecule has 1 saturated heterocycles. The van der Waals surface area contributed by atoms with Crippen LogP contribution in [0.25, 0.3) is 11.3 Å². The highest BCUT2D eigenvalue weighted by Gasteiger charge is 2.32. The molecule has 0 bridgehead atoms. The molecule has 2 aromatic carbocycles. The number of amides is 1. The Bertz CT molecular complexity index is 1120. The summed E-state index contributed by atoms with van der Waals surface area (Å²) < 4.78 is 0. The number of nitrogens with one attached hydrogen (secondary N) is 1. The van der Waals surface area contributed by atoms with E-state index in [1.807, 2.05) is 61.5 Å². The first-order chi connectivity index (χ1) is 14.9. The second-order valence-electron chi connectivity index (χ2n) is 8.22. The van der Waals surface area contributed by atoms with E-state index in [0.29, 0.717) is 37.2 Å². The number of piperidine rings is 1. The molecule has 3 aromatic rings. The van der Waals surface area contributed by atoms with Gasteiger partial charge in [-0.3, -0.25) is 14.4 Å². The lowest BCUT2D eigenvalue weighted by Gasteiger charge is -2.31. The maximum Gasteiger partial charge on any atom is 0.295 e. The number of nitrogens with zero attached hydrogens (tertiary/aromatic N) is 1.